The zero-order chi connectivity index (χ0) is 12.0. The highest BCUT2D eigenvalue weighted by molar-refractivity contribution is 9.10. The standard InChI is InChI=1S/C11H18BrN3O/c1-3-4-5-6-7-13-11(16)10-9(12)8-15(2)14-10/h8H,3-7H2,1-2H3,(H,13,16). The summed E-state index contributed by atoms with van der Waals surface area (Å²) in [6, 6.07) is 0. The third-order valence-electron chi connectivity index (χ3n) is 2.32. The van der Waals surface area contributed by atoms with Crippen molar-refractivity contribution in [2.75, 3.05) is 6.54 Å². The van der Waals surface area contributed by atoms with Crippen LogP contribution in [0.1, 0.15) is 43.1 Å². The molecule has 0 aliphatic carbocycles. The number of rotatable bonds is 6. The molecule has 1 rings (SSSR count). The Balaban J connectivity index is 2.33. The average molecular weight is 288 g/mol. The van der Waals surface area contributed by atoms with Gasteiger partial charge in [-0.05, 0) is 22.4 Å². The van der Waals surface area contributed by atoms with Gasteiger partial charge in [0.1, 0.15) is 0 Å². The van der Waals surface area contributed by atoms with Crippen molar-refractivity contribution in [1.29, 1.82) is 0 Å². The number of amides is 1. The number of hydrogen-bond acceptors (Lipinski definition) is 2. The average Bonchev–Trinajstić information content (AvgIpc) is 2.57. The quantitative estimate of drug-likeness (QED) is 0.817. The highest BCUT2D eigenvalue weighted by atomic mass is 79.9. The largest absolute Gasteiger partial charge is 0.351 e. The van der Waals surface area contributed by atoms with Crippen LogP contribution in [0.25, 0.3) is 0 Å². The molecule has 1 aromatic rings. The number of halogens is 1. The Morgan fingerprint density at radius 3 is 2.81 bits per heavy atom. The van der Waals surface area contributed by atoms with Gasteiger partial charge in [0.25, 0.3) is 5.91 Å². The molecule has 0 aliphatic rings. The van der Waals surface area contributed by atoms with Gasteiger partial charge in [-0.3, -0.25) is 9.48 Å². The van der Waals surface area contributed by atoms with Crippen LogP contribution in [0.2, 0.25) is 0 Å². The molecule has 0 spiro atoms. The van der Waals surface area contributed by atoms with E-state index in [1.54, 1.807) is 17.9 Å². The maximum absolute atomic E-state index is 11.7. The predicted molar refractivity (Wildman–Crippen MR) is 67.4 cm³/mol. The number of hydrogen-bond donors (Lipinski definition) is 1. The minimum absolute atomic E-state index is 0.107. The van der Waals surface area contributed by atoms with Crippen LogP contribution < -0.4 is 5.32 Å². The second kappa shape index (κ2) is 6.68. The van der Waals surface area contributed by atoms with Crippen LogP contribution in [0.3, 0.4) is 0 Å². The summed E-state index contributed by atoms with van der Waals surface area (Å²) in [5.41, 5.74) is 0.456. The molecule has 1 amide bonds. The van der Waals surface area contributed by atoms with E-state index < -0.39 is 0 Å². The lowest BCUT2D eigenvalue weighted by molar-refractivity contribution is 0.0946. The SMILES string of the molecule is CCCCCCNC(=O)c1nn(C)cc1Br. The highest BCUT2D eigenvalue weighted by Crippen LogP contribution is 2.13. The second-order valence-corrected chi connectivity index (χ2v) is 4.67. The number of nitrogens with zero attached hydrogens (tertiary/aromatic N) is 2. The van der Waals surface area contributed by atoms with Gasteiger partial charge in [-0.2, -0.15) is 5.10 Å². The van der Waals surface area contributed by atoms with E-state index >= 15 is 0 Å². The molecule has 0 unspecified atom stereocenters. The zero-order valence-electron chi connectivity index (χ0n) is 9.79. The Morgan fingerprint density at radius 2 is 2.25 bits per heavy atom. The Morgan fingerprint density at radius 1 is 1.50 bits per heavy atom. The van der Waals surface area contributed by atoms with Crippen LogP contribution in [0.4, 0.5) is 0 Å². The van der Waals surface area contributed by atoms with Crippen molar-refractivity contribution in [3.63, 3.8) is 0 Å². The monoisotopic (exact) mass is 287 g/mol. The topological polar surface area (TPSA) is 46.9 Å². The van der Waals surface area contributed by atoms with E-state index in [0.717, 1.165) is 17.4 Å². The van der Waals surface area contributed by atoms with Crippen LogP contribution in [0.15, 0.2) is 10.7 Å². The van der Waals surface area contributed by atoms with Gasteiger partial charge in [-0.15, -0.1) is 0 Å². The molecule has 0 bridgehead atoms. The van der Waals surface area contributed by atoms with E-state index in [9.17, 15) is 4.79 Å². The molecule has 0 fully saturated rings. The first-order valence-corrected chi connectivity index (χ1v) is 6.41. The minimum atomic E-state index is -0.107. The number of nitrogens with one attached hydrogen (secondary N) is 1. The van der Waals surface area contributed by atoms with Gasteiger partial charge >= 0.3 is 0 Å². The minimum Gasteiger partial charge on any atom is -0.351 e. The van der Waals surface area contributed by atoms with Gasteiger partial charge in [-0.1, -0.05) is 26.2 Å². The number of carbonyl (C=O) groups excluding carboxylic acids is 1. The van der Waals surface area contributed by atoms with Crippen LogP contribution in [-0.4, -0.2) is 22.2 Å². The van der Waals surface area contributed by atoms with Gasteiger partial charge in [0.15, 0.2) is 5.69 Å². The van der Waals surface area contributed by atoms with Gasteiger partial charge in [-0.25, -0.2) is 0 Å². The zero-order valence-corrected chi connectivity index (χ0v) is 11.4. The van der Waals surface area contributed by atoms with E-state index in [4.69, 9.17) is 0 Å². The lowest BCUT2D eigenvalue weighted by Crippen LogP contribution is -2.25. The molecule has 0 radical (unpaired) electrons. The van der Waals surface area contributed by atoms with Crippen molar-refractivity contribution >= 4 is 21.8 Å². The summed E-state index contributed by atoms with van der Waals surface area (Å²) in [4.78, 5) is 11.7. The van der Waals surface area contributed by atoms with E-state index in [-0.39, 0.29) is 5.91 Å². The first-order chi connectivity index (χ1) is 7.65. The highest BCUT2D eigenvalue weighted by Gasteiger charge is 2.13. The molecule has 0 saturated carbocycles. The van der Waals surface area contributed by atoms with E-state index in [2.05, 4.69) is 33.3 Å². The van der Waals surface area contributed by atoms with Crippen molar-refractivity contribution in [3.8, 4) is 0 Å². The van der Waals surface area contributed by atoms with Gasteiger partial charge in [0.05, 0.1) is 4.47 Å². The summed E-state index contributed by atoms with van der Waals surface area (Å²) in [6.07, 6.45) is 6.40. The number of carbonyl (C=O) groups is 1. The molecule has 1 aromatic heterocycles. The summed E-state index contributed by atoms with van der Waals surface area (Å²) in [7, 11) is 1.79. The third kappa shape index (κ3) is 3.96. The van der Waals surface area contributed by atoms with Crippen molar-refractivity contribution in [1.82, 2.24) is 15.1 Å². The van der Waals surface area contributed by atoms with Crippen molar-refractivity contribution in [3.05, 3.63) is 16.4 Å². The van der Waals surface area contributed by atoms with E-state index in [0.29, 0.717) is 5.69 Å². The number of unbranched alkanes of at least 4 members (excludes halogenated alkanes) is 3. The number of aryl methyl sites for hydroxylation is 1. The van der Waals surface area contributed by atoms with Gasteiger partial charge in [0.2, 0.25) is 0 Å². The van der Waals surface area contributed by atoms with Crippen LogP contribution in [0, 0.1) is 0 Å². The fourth-order valence-corrected chi connectivity index (χ4v) is 2.01. The molecule has 0 atom stereocenters. The number of aromatic nitrogens is 2. The van der Waals surface area contributed by atoms with Crippen molar-refractivity contribution in [2.45, 2.75) is 32.6 Å². The Hall–Kier alpha value is -0.840. The van der Waals surface area contributed by atoms with Crippen LogP contribution >= 0.6 is 15.9 Å². The molecule has 16 heavy (non-hydrogen) atoms. The Bertz CT molecular complexity index is 349. The molecule has 0 aliphatic heterocycles. The fraction of sp³-hybridized carbons (Fsp3) is 0.636. The molecule has 1 N–H and O–H groups in total. The fourth-order valence-electron chi connectivity index (χ4n) is 1.45. The third-order valence-corrected chi connectivity index (χ3v) is 2.90. The molecule has 4 nitrogen and oxygen atoms in total. The molecule has 5 heteroatoms. The molecular formula is C11H18BrN3O. The summed E-state index contributed by atoms with van der Waals surface area (Å²) >= 11 is 3.31. The summed E-state index contributed by atoms with van der Waals surface area (Å²) in [5, 5.41) is 6.95. The van der Waals surface area contributed by atoms with Crippen LogP contribution in [-0.2, 0) is 7.05 Å². The lowest BCUT2D eigenvalue weighted by Gasteiger charge is -2.02. The summed E-state index contributed by atoms with van der Waals surface area (Å²) in [5.74, 6) is -0.107. The molecule has 1 heterocycles. The molecule has 0 saturated heterocycles. The maximum Gasteiger partial charge on any atom is 0.272 e. The first-order valence-electron chi connectivity index (χ1n) is 5.62. The van der Waals surface area contributed by atoms with Gasteiger partial charge in [0, 0.05) is 19.8 Å². The van der Waals surface area contributed by atoms with Gasteiger partial charge < -0.3 is 5.32 Å². The Labute approximate surface area is 105 Å². The molecule has 0 aromatic carbocycles. The molecular weight excluding hydrogens is 270 g/mol. The first kappa shape index (κ1) is 13.2. The second-order valence-electron chi connectivity index (χ2n) is 3.82. The van der Waals surface area contributed by atoms with E-state index in [1.807, 2.05) is 0 Å². The van der Waals surface area contributed by atoms with Crippen LogP contribution in [0.5, 0.6) is 0 Å². The van der Waals surface area contributed by atoms with Crippen molar-refractivity contribution in [2.24, 2.45) is 7.05 Å². The van der Waals surface area contributed by atoms with E-state index in [1.165, 1.54) is 19.3 Å². The smallest absolute Gasteiger partial charge is 0.272 e. The lowest BCUT2D eigenvalue weighted by atomic mass is 10.2. The maximum atomic E-state index is 11.7. The summed E-state index contributed by atoms with van der Waals surface area (Å²) < 4.78 is 2.36. The Kier molecular flexibility index (Phi) is 5.52. The summed E-state index contributed by atoms with van der Waals surface area (Å²) in [6.45, 7) is 2.89. The normalized spacial score (nSPS) is 10.4. The molecule has 90 valence electrons. The predicted octanol–water partition coefficient (Wildman–Crippen LogP) is 2.49. The van der Waals surface area contributed by atoms with Crippen molar-refractivity contribution < 1.29 is 4.79 Å².